The van der Waals surface area contributed by atoms with Gasteiger partial charge < -0.3 is 16.0 Å². The van der Waals surface area contributed by atoms with Crippen molar-refractivity contribution in [3.05, 3.63) is 26.7 Å². The molecule has 4 aliphatic rings. The average molecular weight is 452 g/mol. The van der Waals surface area contributed by atoms with Crippen LogP contribution in [0.2, 0.25) is 0 Å². The summed E-state index contributed by atoms with van der Waals surface area (Å²) in [7, 11) is 0. The van der Waals surface area contributed by atoms with E-state index in [1.54, 1.807) is 28.9 Å². The Labute approximate surface area is 167 Å². The summed E-state index contributed by atoms with van der Waals surface area (Å²) in [6.45, 7) is 1.75. The summed E-state index contributed by atoms with van der Waals surface area (Å²) in [4.78, 5) is 20.4. The lowest BCUT2D eigenvalue weighted by Gasteiger charge is -2.53. The molecule has 3 atom stereocenters. The summed E-state index contributed by atoms with van der Waals surface area (Å²) in [5.41, 5.74) is 0.748. The second kappa shape index (κ2) is 6.42. The molecule has 2 aromatic rings. The van der Waals surface area contributed by atoms with Crippen LogP contribution in [0.25, 0.3) is 0 Å². The van der Waals surface area contributed by atoms with Crippen LogP contribution in [0, 0.1) is 0 Å². The molecular formula is C17H18BrN5OS2. The molecule has 26 heavy (non-hydrogen) atoms. The van der Waals surface area contributed by atoms with Crippen LogP contribution in [0.1, 0.15) is 12.8 Å². The van der Waals surface area contributed by atoms with Crippen molar-refractivity contribution in [1.82, 2.24) is 10.2 Å². The quantitative estimate of drug-likeness (QED) is 0.667. The lowest BCUT2D eigenvalue weighted by molar-refractivity contribution is -0.126. The number of aliphatic imine (C=N–C) groups is 1. The van der Waals surface area contributed by atoms with Gasteiger partial charge in [0.2, 0.25) is 5.66 Å². The number of amides is 1. The fourth-order valence-electron chi connectivity index (χ4n) is 4.02. The van der Waals surface area contributed by atoms with Crippen molar-refractivity contribution in [2.75, 3.05) is 23.7 Å². The van der Waals surface area contributed by atoms with Gasteiger partial charge in [0.25, 0.3) is 5.91 Å². The van der Waals surface area contributed by atoms with Crippen molar-refractivity contribution in [3.8, 4) is 0 Å². The van der Waals surface area contributed by atoms with Gasteiger partial charge in [-0.05, 0) is 51.7 Å². The van der Waals surface area contributed by atoms with E-state index in [0.717, 1.165) is 46.1 Å². The first-order valence-electron chi connectivity index (χ1n) is 8.61. The first-order valence-corrected chi connectivity index (χ1v) is 11.2. The zero-order valence-electron chi connectivity index (χ0n) is 13.9. The highest BCUT2D eigenvalue weighted by atomic mass is 79.9. The molecule has 6 heterocycles. The number of thiophene rings is 2. The van der Waals surface area contributed by atoms with Gasteiger partial charge in [-0.1, -0.05) is 0 Å². The Morgan fingerprint density at radius 2 is 2.23 bits per heavy atom. The predicted octanol–water partition coefficient (Wildman–Crippen LogP) is 3.47. The van der Waals surface area contributed by atoms with Gasteiger partial charge in [0.1, 0.15) is 5.00 Å². The summed E-state index contributed by atoms with van der Waals surface area (Å²) in [5.74, 6) is -0.0928. The van der Waals surface area contributed by atoms with Crippen molar-refractivity contribution in [1.29, 1.82) is 0 Å². The van der Waals surface area contributed by atoms with Gasteiger partial charge in [-0.2, -0.15) is 0 Å². The van der Waals surface area contributed by atoms with Crippen molar-refractivity contribution in [3.63, 3.8) is 0 Å². The van der Waals surface area contributed by atoms with Crippen LogP contribution >= 0.6 is 38.6 Å². The minimum Gasteiger partial charge on any atom is -0.352 e. The Balaban J connectivity index is 1.53. The molecule has 136 valence electrons. The van der Waals surface area contributed by atoms with Gasteiger partial charge >= 0.3 is 0 Å². The molecule has 6 rings (SSSR count). The van der Waals surface area contributed by atoms with Gasteiger partial charge in [-0.3, -0.25) is 9.69 Å². The number of piperidine rings is 2. The first-order chi connectivity index (χ1) is 12.7. The second-order valence-electron chi connectivity index (χ2n) is 6.84. The number of piperazine rings is 1. The lowest BCUT2D eigenvalue weighted by atomic mass is 9.89. The van der Waals surface area contributed by atoms with Crippen molar-refractivity contribution < 1.29 is 4.79 Å². The lowest BCUT2D eigenvalue weighted by Crippen LogP contribution is -2.74. The fraction of sp³-hybridized carbons (Fsp3) is 0.412. The summed E-state index contributed by atoms with van der Waals surface area (Å²) >= 11 is 6.65. The third-order valence-electron chi connectivity index (χ3n) is 5.35. The smallest absolute Gasteiger partial charge is 0.271 e. The van der Waals surface area contributed by atoms with Crippen LogP contribution in [-0.4, -0.2) is 47.9 Å². The Morgan fingerprint density at radius 3 is 2.92 bits per heavy atom. The first kappa shape index (κ1) is 16.9. The number of halogens is 1. The Hall–Kier alpha value is -1.26. The highest BCUT2D eigenvalue weighted by Crippen LogP contribution is 2.40. The van der Waals surface area contributed by atoms with Crippen LogP contribution in [-0.2, 0) is 4.79 Å². The zero-order chi connectivity index (χ0) is 17.7. The van der Waals surface area contributed by atoms with Gasteiger partial charge in [0.15, 0.2) is 0 Å². The van der Waals surface area contributed by atoms with E-state index in [2.05, 4.69) is 41.8 Å². The monoisotopic (exact) mass is 451 g/mol. The molecule has 1 unspecified atom stereocenters. The van der Waals surface area contributed by atoms with Crippen LogP contribution in [0.15, 0.2) is 31.7 Å². The number of rotatable bonds is 3. The van der Waals surface area contributed by atoms with Crippen molar-refractivity contribution in [2.45, 2.75) is 30.6 Å². The summed E-state index contributed by atoms with van der Waals surface area (Å²) < 4.78 is 0.923. The van der Waals surface area contributed by atoms with E-state index < -0.39 is 5.66 Å². The summed E-state index contributed by atoms with van der Waals surface area (Å²) in [6, 6.07) is 4.66. The summed E-state index contributed by atoms with van der Waals surface area (Å²) in [5, 5.41) is 15.0. The van der Waals surface area contributed by atoms with Gasteiger partial charge in [-0.15, -0.1) is 22.7 Å². The highest BCUT2D eigenvalue weighted by molar-refractivity contribution is 9.11. The van der Waals surface area contributed by atoms with Crippen LogP contribution < -0.4 is 16.0 Å². The van der Waals surface area contributed by atoms with E-state index in [0.29, 0.717) is 12.1 Å². The molecule has 0 radical (unpaired) electrons. The second-order valence-corrected chi connectivity index (χ2v) is 9.97. The number of fused-ring (bicyclic) bond motifs is 4. The molecule has 0 spiro atoms. The predicted molar refractivity (Wildman–Crippen MR) is 111 cm³/mol. The molecule has 3 N–H and O–H groups in total. The Bertz CT molecular complexity index is 872. The highest BCUT2D eigenvalue weighted by Gasteiger charge is 2.51. The van der Waals surface area contributed by atoms with Crippen LogP contribution in [0.4, 0.5) is 16.4 Å². The molecule has 4 aliphatic heterocycles. The van der Waals surface area contributed by atoms with Gasteiger partial charge in [0, 0.05) is 25.2 Å². The fourth-order valence-corrected chi connectivity index (χ4v) is 5.84. The molecule has 9 heteroatoms. The minimum absolute atomic E-state index is 0.0928. The average Bonchev–Trinajstić information content (AvgIpc) is 3.30. The Morgan fingerprint density at radius 1 is 1.35 bits per heavy atom. The molecular weight excluding hydrogens is 434 g/mol. The molecule has 0 saturated carbocycles. The standard InChI is InChI=1S/C17H18BrN5OS2/c18-14-12(3-5-25-14)21-16(24)17(9-20-15-13(22-17)4-6-26-15)23-8-10-1-2-11(23)7-19-10/h3-6,9-11,19,22H,1-2,7-8H2,(H,21,24)/t10-,11-,17?/m0/s1. The van der Waals surface area contributed by atoms with E-state index in [4.69, 9.17) is 0 Å². The van der Waals surface area contributed by atoms with Gasteiger partial charge in [-0.25, -0.2) is 4.99 Å². The maximum Gasteiger partial charge on any atom is 0.271 e. The number of hydrogen-bond donors (Lipinski definition) is 3. The molecule has 0 aliphatic carbocycles. The zero-order valence-corrected chi connectivity index (χ0v) is 17.1. The molecule has 2 aromatic heterocycles. The van der Waals surface area contributed by atoms with Crippen molar-refractivity contribution >= 4 is 67.1 Å². The van der Waals surface area contributed by atoms with E-state index in [1.165, 1.54) is 0 Å². The van der Waals surface area contributed by atoms with E-state index in [1.807, 2.05) is 22.9 Å². The molecule has 2 bridgehead atoms. The number of nitrogens with zero attached hydrogens (tertiary/aromatic N) is 2. The third-order valence-corrected chi connectivity index (χ3v) is 7.86. The van der Waals surface area contributed by atoms with Crippen molar-refractivity contribution in [2.24, 2.45) is 4.99 Å². The number of carbonyl (C=O) groups excluding carboxylic acids is 1. The SMILES string of the molecule is O=C(Nc1ccsc1Br)C1(N2C[C@@H]3CC[C@H]2CN3)C=Nc2sccc2N1. The Kier molecular flexibility index (Phi) is 4.17. The largest absolute Gasteiger partial charge is 0.352 e. The maximum absolute atomic E-state index is 13.5. The number of nitrogens with one attached hydrogen (secondary N) is 3. The normalized spacial score (nSPS) is 30.0. The third kappa shape index (κ3) is 2.65. The number of anilines is 2. The van der Waals surface area contributed by atoms with E-state index in [-0.39, 0.29) is 5.91 Å². The molecule has 3 fully saturated rings. The summed E-state index contributed by atoms with van der Waals surface area (Å²) in [6.07, 6.45) is 4.05. The molecule has 0 aromatic carbocycles. The van der Waals surface area contributed by atoms with E-state index in [9.17, 15) is 4.79 Å². The maximum atomic E-state index is 13.5. The molecule has 3 saturated heterocycles. The minimum atomic E-state index is -0.971. The number of hydrogen-bond acceptors (Lipinski definition) is 7. The topological polar surface area (TPSA) is 68.8 Å². The van der Waals surface area contributed by atoms with Crippen LogP contribution in [0.3, 0.4) is 0 Å². The van der Waals surface area contributed by atoms with Crippen LogP contribution in [0.5, 0.6) is 0 Å². The number of carbonyl (C=O) groups is 1. The molecule has 1 amide bonds. The molecule has 6 nitrogen and oxygen atoms in total. The van der Waals surface area contributed by atoms with E-state index >= 15 is 0 Å². The van der Waals surface area contributed by atoms with Gasteiger partial charge in [0.05, 0.1) is 21.4 Å².